The fourth-order valence-corrected chi connectivity index (χ4v) is 2.09. The highest BCUT2D eigenvalue weighted by molar-refractivity contribution is 6.39. The molecule has 0 saturated heterocycles. The van der Waals surface area contributed by atoms with Crippen LogP contribution in [0.4, 0.5) is 0 Å². The van der Waals surface area contributed by atoms with Gasteiger partial charge < -0.3 is 10.9 Å². The molecule has 0 radical (unpaired) electrons. The average molecular weight is 282 g/mol. The molecule has 0 saturated carbocycles. The molecule has 0 unspecified atom stereocenters. The summed E-state index contributed by atoms with van der Waals surface area (Å²) in [5.74, 6) is 5.14. The molecule has 0 atom stereocenters. The second kappa shape index (κ2) is 5.25. The van der Waals surface area contributed by atoms with Gasteiger partial charge in [-0.05, 0) is 24.3 Å². The Morgan fingerprint density at radius 3 is 2.78 bits per heavy atom. The zero-order chi connectivity index (χ0) is 13.1. The molecule has 2 rings (SSSR count). The second-order valence-electron chi connectivity index (χ2n) is 3.48. The van der Waals surface area contributed by atoms with E-state index in [4.69, 9.17) is 34.2 Å². The van der Waals surface area contributed by atoms with Crippen LogP contribution in [0.3, 0.4) is 0 Å². The number of nitrogens with two attached hydrogens (primary N) is 1. The maximum absolute atomic E-state index is 8.86. The molecule has 0 aliphatic rings. The van der Waals surface area contributed by atoms with E-state index in [0.717, 1.165) is 6.26 Å². The minimum absolute atomic E-state index is 0.435. The summed E-state index contributed by atoms with van der Waals surface area (Å²) in [5.41, 5.74) is 1.68. The van der Waals surface area contributed by atoms with Crippen LogP contribution in [0.1, 0.15) is 11.3 Å². The molecule has 0 fully saturated rings. The lowest BCUT2D eigenvalue weighted by Gasteiger charge is -2.07. The molecule has 2 aromatic rings. The van der Waals surface area contributed by atoms with Gasteiger partial charge in [0.2, 0.25) is 0 Å². The fraction of sp³-hybridized carbons (Fsp3) is 0. The third kappa shape index (κ3) is 2.25. The van der Waals surface area contributed by atoms with Crippen LogP contribution in [0.25, 0.3) is 17.0 Å². The van der Waals surface area contributed by atoms with Crippen molar-refractivity contribution in [3.8, 4) is 0 Å². The molecule has 18 heavy (non-hydrogen) atoms. The van der Waals surface area contributed by atoms with Gasteiger partial charge in [-0.1, -0.05) is 23.2 Å². The molecule has 1 aromatic heterocycles. The van der Waals surface area contributed by atoms with Crippen molar-refractivity contribution in [3.63, 3.8) is 0 Å². The molecule has 1 aromatic carbocycles. The smallest absolute Gasteiger partial charge is 0.0813 e. The molecular weight excluding hydrogens is 273 g/mol. The quantitative estimate of drug-likeness (QED) is 0.384. The van der Waals surface area contributed by atoms with Crippen molar-refractivity contribution in [2.75, 3.05) is 0 Å². The van der Waals surface area contributed by atoms with Gasteiger partial charge in [-0.3, -0.25) is 0 Å². The Labute approximate surface area is 113 Å². The summed E-state index contributed by atoms with van der Waals surface area (Å²) in [7, 11) is 0. The number of pyridine rings is 1. The standard InChI is InChI=1S/C12H9Cl2N3O/c13-7-1-2-10-8(5-7)12(14)9(6-16-15)11(17-10)3-4-18/h1-6,18H,15H2/b4-3+,16-6+. The molecule has 92 valence electrons. The zero-order valence-electron chi connectivity index (χ0n) is 9.14. The van der Waals surface area contributed by atoms with Crippen LogP contribution < -0.4 is 5.84 Å². The average Bonchev–Trinajstić information content (AvgIpc) is 2.35. The third-order valence-corrected chi connectivity index (χ3v) is 3.03. The molecule has 3 N–H and O–H groups in total. The first-order valence-electron chi connectivity index (χ1n) is 5.00. The van der Waals surface area contributed by atoms with E-state index < -0.39 is 0 Å². The van der Waals surface area contributed by atoms with Crippen LogP contribution in [0.5, 0.6) is 0 Å². The molecule has 0 bridgehead atoms. The zero-order valence-corrected chi connectivity index (χ0v) is 10.7. The minimum Gasteiger partial charge on any atom is -0.516 e. The highest BCUT2D eigenvalue weighted by Gasteiger charge is 2.11. The number of hydrogen-bond donors (Lipinski definition) is 2. The van der Waals surface area contributed by atoms with Crippen LogP contribution in [0.2, 0.25) is 10.0 Å². The van der Waals surface area contributed by atoms with Gasteiger partial charge in [0.15, 0.2) is 0 Å². The van der Waals surface area contributed by atoms with Gasteiger partial charge in [0.25, 0.3) is 0 Å². The Balaban J connectivity index is 2.85. The van der Waals surface area contributed by atoms with Crippen molar-refractivity contribution >= 4 is 46.4 Å². The van der Waals surface area contributed by atoms with E-state index in [1.54, 1.807) is 18.2 Å². The van der Waals surface area contributed by atoms with Gasteiger partial charge in [0, 0.05) is 16.0 Å². The number of aromatic nitrogens is 1. The first kappa shape index (κ1) is 12.7. The maximum Gasteiger partial charge on any atom is 0.0813 e. The van der Waals surface area contributed by atoms with E-state index in [1.807, 2.05) is 0 Å². The van der Waals surface area contributed by atoms with E-state index in [9.17, 15) is 0 Å². The molecule has 6 heteroatoms. The highest BCUT2D eigenvalue weighted by Crippen LogP contribution is 2.29. The predicted octanol–water partition coefficient (Wildman–Crippen LogP) is 3.36. The summed E-state index contributed by atoms with van der Waals surface area (Å²) < 4.78 is 0. The number of rotatable bonds is 2. The first-order valence-corrected chi connectivity index (χ1v) is 5.75. The van der Waals surface area contributed by atoms with Crippen molar-refractivity contribution in [1.29, 1.82) is 0 Å². The Morgan fingerprint density at radius 2 is 2.11 bits per heavy atom. The van der Waals surface area contributed by atoms with Crippen molar-refractivity contribution in [1.82, 2.24) is 4.98 Å². The van der Waals surface area contributed by atoms with Crippen molar-refractivity contribution in [2.24, 2.45) is 10.9 Å². The van der Waals surface area contributed by atoms with Crippen LogP contribution in [-0.4, -0.2) is 16.3 Å². The third-order valence-electron chi connectivity index (χ3n) is 2.38. The van der Waals surface area contributed by atoms with Crippen molar-refractivity contribution in [3.05, 3.63) is 45.8 Å². The second-order valence-corrected chi connectivity index (χ2v) is 4.29. The summed E-state index contributed by atoms with van der Waals surface area (Å²) >= 11 is 12.2. The number of benzene rings is 1. The molecular formula is C12H9Cl2N3O. The lowest BCUT2D eigenvalue weighted by Crippen LogP contribution is -1.97. The lowest BCUT2D eigenvalue weighted by atomic mass is 10.1. The summed E-state index contributed by atoms with van der Waals surface area (Å²) in [6, 6.07) is 5.19. The molecule has 0 aliphatic heterocycles. The Hall–Kier alpha value is -1.78. The Bertz CT molecular complexity index is 653. The van der Waals surface area contributed by atoms with E-state index in [2.05, 4.69) is 10.1 Å². The molecule has 0 spiro atoms. The van der Waals surface area contributed by atoms with Crippen molar-refractivity contribution in [2.45, 2.75) is 0 Å². The van der Waals surface area contributed by atoms with Gasteiger partial charge in [-0.2, -0.15) is 5.10 Å². The predicted molar refractivity (Wildman–Crippen MR) is 75.2 cm³/mol. The van der Waals surface area contributed by atoms with E-state index in [-0.39, 0.29) is 0 Å². The number of aliphatic hydroxyl groups excluding tert-OH is 1. The molecule has 1 heterocycles. The molecule has 0 amide bonds. The van der Waals surface area contributed by atoms with Gasteiger partial charge in [-0.25, -0.2) is 4.98 Å². The maximum atomic E-state index is 8.86. The largest absolute Gasteiger partial charge is 0.516 e. The highest BCUT2D eigenvalue weighted by atomic mass is 35.5. The molecule has 0 aliphatic carbocycles. The van der Waals surface area contributed by atoms with Crippen LogP contribution in [0, 0.1) is 0 Å². The minimum atomic E-state index is 0.435. The van der Waals surface area contributed by atoms with Crippen LogP contribution in [0.15, 0.2) is 29.6 Å². The van der Waals surface area contributed by atoms with Gasteiger partial charge in [0.1, 0.15) is 0 Å². The normalized spacial score (nSPS) is 11.9. The number of nitrogens with zero attached hydrogens (tertiary/aromatic N) is 2. The SMILES string of the molecule is N/N=C/c1c(/C=C/O)nc2ccc(Cl)cc2c1Cl. The first-order chi connectivity index (χ1) is 8.67. The van der Waals surface area contributed by atoms with Crippen molar-refractivity contribution < 1.29 is 5.11 Å². The number of aliphatic hydroxyl groups is 1. The topological polar surface area (TPSA) is 71.5 Å². The number of hydrazone groups is 1. The van der Waals surface area contributed by atoms with E-state index >= 15 is 0 Å². The van der Waals surface area contributed by atoms with Crippen LogP contribution in [-0.2, 0) is 0 Å². The summed E-state index contributed by atoms with van der Waals surface area (Å²) in [6.45, 7) is 0. The van der Waals surface area contributed by atoms with Crippen LogP contribution >= 0.6 is 23.2 Å². The van der Waals surface area contributed by atoms with Gasteiger partial charge in [0.05, 0.1) is 28.7 Å². The monoisotopic (exact) mass is 281 g/mol. The van der Waals surface area contributed by atoms with Gasteiger partial charge in [-0.15, -0.1) is 0 Å². The number of halogens is 2. The number of hydrogen-bond acceptors (Lipinski definition) is 4. The summed E-state index contributed by atoms with van der Waals surface area (Å²) in [6.07, 6.45) is 3.68. The lowest BCUT2D eigenvalue weighted by molar-refractivity contribution is 0.478. The van der Waals surface area contributed by atoms with E-state index in [1.165, 1.54) is 12.3 Å². The van der Waals surface area contributed by atoms with E-state index in [0.29, 0.717) is 32.2 Å². The molecule has 4 nitrogen and oxygen atoms in total. The Morgan fingerprint density at radius 1 is 1.33 bits per heavy atom. The summed E-state index contributed by atoms with van der Waals surface area (Å²) in [5, 5.41) is 14.0. The number of fused-ring (bicyclic) bond motifs is 1. The Kier molecular flexibility index (Phi) is 3.69. The van der Waals surface area contributed by atoms with Gasteiger partial charge >= 0.3 is 0 Å². The fourth-order valence-electron chi connectivity index (χ4n) is 1.62. The summed E-state index contributed by atoms with van der Waals surface area (Å²) in [4.78, 5) is 4.35.